The van der Waals surface area contributed by atoms with Gasteiger partial charge in [-0.25, -0.2) is 4.98 Å². The second kappa shape index (κ2) is 5.69. The maximum Gasteiger partial charge on any atom is 0.245 e. The van der Waals surface area contributed by atoms with Crippen LogP contribution in [0.25, 0.3) is 0 Å². The van der Waals surface area contributed by atoms with E-state index in [1.165, 1.54) is 0 Å². The summed E-state index contributed by atoms with van der Waals surface area (Å²) in [4.78, 5) is 29.3. The Morgan fingerprint density at radius 2 is 2.32 bits per heavy atom. The number of carbonyl (C=O) groups excluding carboxylic acids is 2. The highest BCUT2D eigenvalue weighted by Gasteiger charge is 2.34. The average Bonchev–Trinajstić information content (AvgIpc) is 2.88. The fourth-order valence-electron chi connectivity index (χ4n) is 2.31. The molecule has 1 aliphatic heterocycles. The molecule has 1 aromatic rings. The van der Waals surface area contributed by atoms with Crippen LogP contribution < -0.4 is 11.1 Å². The monoisotopic (exact) mass is 262 g/mol. The van der Waals surface area contributed by atoms with Crippen molar-refractivity contribution in [2.45, 2.75) is 31.8 Å². The first-order valence-corrected chi connectivity index (χ1v) is 6.37. The van der Waals surface area contributed by atoms with Gasteiger partial charge in [0, 0.05) is 12.7 Å². The molecule has 3 N–H and O–H groups in total. The van der Waals surface area contributed by atoms with Gasteiger partial charge >= 0.3 is 0 Å². The Balaban J connectivity index is 2.01. The first-order valence-electron chi connectivity index (χ1n) is 6.37. The van der Waals surface area contributed by atoms with Crippen LogP contribution in [0.15, 0.2) is 24.4 Å². The topological polar surface area (TPSA) is 88.3 Å². The Morgan fingerprint density at radius 1 is 1.53 bits per heavy atom. The summed E-state index contributed by atoms with van der Waals surface area (Å²) < 4.78 is 0. The summed E-state index contributed by atoms with van der Waals surface area (Å²) >= 11 is 0. The molecule has 0 spiro atoms. The first-order chi connectivity index (χ1) is 9.09. The van der Waals surface area contributed by atoms with E-state index in [9.17, 15) is 9.59 Å². The van der Waals surface area contributed by atoms with Gasteiger partial charge in [0.2, 0.25) is 11.8 Å². The molecule has 19 heavy (non-hydrogen) atoms. The second-order valence-corrected chi connectivity index (χ2v) is 4.67. The van der Waals surface area contributed by atoms with Crippen LogP contribution in [0.1, 0.15) is 19.8 Å². The molecule has 0 aliphatic carbocycles. The molecule has 0 unspecified atom stereocenters. The van der Waals surface area contributed by atoms with Gasteiger partial charge in [0.1, 0.15) is 17.9 Å². The Morgan fingerprint density at radius 3 is 2.95 bits per heavy atom. The normalized spacial score (nSPS) is 20.1. The van der Waals surface area contributed by atoms with Crippen LogP contribution in [0.4, 0.5) is 5.82 Å². The Kier molecular flexibility index (Phi) is 3.99. The number of pyridine rings is 1. The van der Waals surface area contributed by atoms with E-state index in [2.05, 4.69) is 10.3 Å². The van der Waals surface area contributed by atoms with E-state index in [1.807, 2.05) is 6.07 Å². The number of anilines is 1. The SMILES string of the molecule is C[C@H](Nc1ccccn1)C(=O)N1CCC[C@H]1C(N)=O. The van der Waals surface area contributed by atoms with E-state index in [-0.39, 0.29) is 5.91 Å². The van der Waals surface area contributed by atoms with Gasteiger partial charge in [-0.2, -0.15) is 0 Å². The van der Waals surface area contributed by atoms with E-state index in [1.54, 1.807) is 30.2 Å². The third-order valence-electron chi connectivity index (χ3n) is 3.26. The zero-order chi connectivity index (χ0) is 13.8. The van der Waals surface area contributed by atoms with Crippen molar-refractivity contribution in [3.05, 3.63) is 24.4 Å². The molecule has 0 aromatic carbocycles. The fourth-order valence-corrected chi connectivity index (χ4v) is 2.31. The molecule has 6 nitrogen and oxygen atoms in total. The van der Waals surface area contributed by atoms with Crippen molar-refractivity contribution in [1.82, 2.24) is 9.88 Å². The molecular formula is C13H18N4O2. The highest BCUT2D eigenvalue weighted by molar-refractivity contribution is 5.90. The molecule has 2 atom stereocenters. The molecule has 0 bridgehead atoms. The van der Waals surface area contributed by atoms with Gasteiger partial charge in [-0.3, -0.25) is 9.59 Å². The van der Waals surface area contributed by atoms with E-state index in [4.69, 9.17) is 5.73 Å². The standard InChI is InChI=1S/C13H18N4O2/c1-9(16-11-6-2-3-7-15-11)13(19)17-8-4-5-10(17)12(14)18/h2-3,6-7,9-10H,4-5,8H2,1H3,(H2,14,18)(H,15,16)/t9-,10-/m0/s1. The molecule has 1 aliphatic rings. The molecule has 1 aromatic heterocycles. The van der Waals surface area contributed by atoms with Gasteiger partial charge in [-0.1, -0.05) is 6.07 Å². The summed E-state index contributed by atoms with van der Waals surface area (Å²) in [6, 6.07) is 4.53. The van der Waals surface area contributed by atoms with E-state index < -0.39 is 18.0 Å². The van der Waals surface area contributed by atoms with Gasteiger partial charge in [0.15, 0.2) is 0 Å². The smallest absolute Gasteiger partial charge is 0.245 e. The van der Waals surface area contributed by atoms with Crippen molar-refractivity contribution >= 4 is 17.6 Å². The van der Waals surface area contributed by atoms with Crippen molar-refractivity contribution in [3.63, 3.8) is 0 Å². The molecule has 6 heteroatoms. The number of nitrogens with one attached hydrogen (secondary N) is 1. The minimum atomic E-state index is -0.472. The lowest BCUT2D eigenvalue weighted by molar-refractivity contribution is -0.137. The number of amides is 2. The molecule has 0 saturated carbocycles. The van der Waals surface area contributed by atoms with Gasteiger partial charge in [-0.15, -0.1) is 0 Å². The predicted molar refractivity (Wildman–Crippen MR) is 71.3 cm³/mol. The quantitative estimate of drug-likeness (QED) is 0.820. The number of nitrogens with two attached hydrogens (primary N) is 1. The maximum absolute atomic E-state index is 12.3. The zero-order valence-corrected chi connectivity index (χ0v) is 10.9. The highest BCUT2D eigenvalue weighted by Crippen LogP contribution is 2.18. The molecule has 2 rings (SSSR count). The maximum atomic E-state index is 12.3. The minimum Gasteiger partial charge on any atom is -0.368 e. The summed E-state index contributed by atoms with van der Waals surface area (Å²) in [5.74, 6) is 0.0843. The van der Waals surface area contributed by atoms with E-state index in [0.29, 0.717) is 18.8 Å². The summed E-state index contributed by atoms with van der Waals surface area (Å²) in [6.45, 7) is 2.34. The number of nitrogens with zero attached hydrogens (tertiary/aromatic N) is 2. The number of aromatic nitrogens is 1. The number of hydrogen-bond donors (Lipinski definition) is 2. The van der Waals surface area contributed by atoms with Gasteiger partial charge in [-0.05, 0) is 31.9 Å². The molecule has 1 saturated heterocycles. The van der Waals surface area contributed by atoms with E-state index in [0.717, 1.165) is 6.42 Å². The van der Waals surface area contributed by atoms with E-state index >= 15 is 0 Å². The largest absolute Gasteiger partial charge is 0.368 e. The van der Waals surface area contributed by atoms with Crippen LogP contribution in [0.2, 0.25) is 0 Å². The zero-order valence-electron chi connectivity index (χ0n) is 10.9. The summed E-state index contributed by atoms with van der Waals surface area (Å²) in [5.41, 5.74) is 5.31. The van der Waals surface area contributed by atoms with Crippen molar-refractivity contribution in [2.24, 2.45) is 5.73 Å². The lowest BCUT2D eigenvalue weighted by Gasteiger charge is -2.26. The van der Waals surface area contributed by atoms with Crippen molar-refractivity contribution in [1.29, 1.82) is 0 Å². The number of rotatable bonds is 4. The fraction of sp³-hybridized carbons (Fsp3) is 0.462. The Labute approximate surface area is 112 Å². The second-order valence-electron chi connectivity index (χ2n) is 4.67. The predicted octanol–water partition coefficient (Wildman–Crippen LogP) is 0.358. The molecule has 1 fully saturated rings. The molecular weight excluding hydrogens is 244 g/mol. The highest BCUT2D eigenvalue weighted by atomic mass is 16.2. The van der Waals surface area contributed by atoms with Crippen LogP contribution in [-0.2, 0) is 9.59 Å². The number of likely N-dealkylation sites (tertiary alicyclic amines) is 1. The van der Waals surface area contributed by atoms with Crippen molar-refractivity contribution in [3.8, 4) is 0 Å². The van der Waals surface area contributed by atoms with Crippen molar-refractivity contribution < 1.29 is 9.59 Å². The number of carbonyl (C=O) groups is 2. The van der Waals surface area contributed by atoms with Gasteiger partial charge < -0.3 is 16.0 Å². The lowest BCUT2D eigenvalue weighted by atomic mass is 10.2. The van der Waals surface area contributed by atoms with Crippen LogP contribution in [0.5, 0.6) is 0 Å². The Hall–Kier alpha value is -2.11. The van der Waals surface area contributed by atoms with Crippen LogP contribution in [0.3, 0.4) is 0 Å². The first kappa shape index (κ1) is 13.3. The third kappa shape index (κ3) is 3.01. The summed E-state index contributed by atoms with van der Waals surface area (Å²) in [7, 11) is 0. The summed E-state index contributed by atoms with van der Waals surface area (Å²) in [6.07, 6.45) is 3.12. The lowest BCUT2D eigenvalue weighted by Crippen LogP contribution is -2.48. The average molecular weight is 262 g/mol. The molecule has 0 radical (unpaired) electrons. The van der Waals surface area contributed by atoms with Crippen LogP contribution in [-0.4, -0.2) is 40.3 Å². The molecule has 102 valence electrons. The van der Waals surface area contributed by atoms with Crippen LogP contribution in [0, 0.1) is 0 Å². The number of hydrogen-bond acceptors (Lipinski definition) is 4. The molecule has 2 amide bonds. The Bertz CT molecular complexity index is 463. The van der Waals surface area contributed by atoms with Crippen LogP contribution >= 0.6 is 0 Å². The molecule has 2 heterocycles. The minimum absolute atomic E-state index is 0.119. The number of primary amides is 1. The van der Waals surface area contributed by atoms with Crippen molar-refractivity contribution in [2.75, 3.05) is 11.9 Å². The van der Waals surface area contributed by atoms with Gasteiger partial charge in [0.25, 0.3) is 0 Å². The van der Waals surface area contributed by atoms with Gasteiger partial charge in [0.05, 0.1) is 0 Å². The third-order valence-corrected chi connectivity index (χ3v) is 3.26. The summed E-state index contributed by atoms with van der Waals surface area (Å²) in [5, 5.41) is 3.02.